The number of nitrogen functional groups attached to an aromatic ring is 2. The summed E-state index contributed by atoms with van der Waals surface area (Å²) in [5, 5.41) is 0. The van der Waals surface area contributed by atoms with Crippen LogP contribution in [-0.4, -0.2) is 25.0 Å². The molecule has 0 atom stereocenters. The van der Waals surface area contributed by atoms with Gasteiger partial charge in [0.15, 0.2) is 0 Å². The van der Waals surface area contributed by atoms with E-state index in [1.807, 2.05) is 18.2 Å². The van der Waals surface area contributed by atoms with E-state index in [2.05, 4.69) is 18.0 Å². The van der Waals surface area contributed by atoms with E-state index >= 15 is 0 Å². The molecule has 1 aromatic carbocycles. The fourth-order valence-corrected chi connectivity index (χ4v) is 1.89. The van der Waals surface area contributed by atoms with Gasteiger partial charge in [0.05, 0.1) is 0 Å². The highest BCUT2D eigenvalue weighted by molar-refractivity contribution is 5.77. The van der Waals surface area contributed by atoms with Gasteiger partial charge in [0.2, 0.25) is 0 Å². The highest BCUT2D eigenvalue weighted by atomic mass is 15.1. The molecule has 0 bridgehead atoms. The Bertz CT molecular complexity index is 396. The third-order valence-corrected chi connectivity index (χ3v) is 2.83. The van der Waals surface area contributed by atoms with Crippen LogP contribution in [0.1, 0.15) is 12.0 Å². The molecule has 1 aliphatic heterocycles. The summed E-state index contributed by atoms with van der Waals surface area (Å²) >= 11 is 0. The van der Waals surface area contributed by atoms with Crippen LogP contribution in [0.3, 0.4) is 0 Å². The molecular formula is C12H17N3. The quantitative estimate of drug-likeness (QED) is 0.681. The second-order valence-electron chi connectivity index (χ2n) is 4.09. The fraction of sp³-hybridized carbons (Fsp3) is 0.333. The molecule has 2 rings (SSSR count). The Kier molecular flexibility index (Phi) is 2.64. The van der Waals surface area contributed by atoms with E-state index in [-0.39, 0.29) is 0 Å². The number of hydrogen-bond acceptors (Lipinski definition) is 3. The van der Waals surface area contributed by atoms with Crippen molar-refractivity contribution in [3.63, 3.8) is 0 Å². The number of nitrogens with zero attached hydrogens (tertiary/aromatic N) is 1. The van der Waals surface area contributed by atoms with Crippen molar-refractivity contribution >= 4 is 16.9 Å². The standard InChI is InChI=1S/C12H17N3/c1-15-6-4-9(5-7-15)11-3-2-10(13)8-12(11)14/h2-4,8H,5-7,13-14H2,1H3. The predicted octanol–water partition coefficient (Wildman–Crippen LogP) is 1.57. The number of nitrogens with two attached hydrogens (primary N) is 2. The topological polar surface area (TPSA) is 55.3 Å². The van der Waals surface area contributed by atoms with Crippen molar-refractivity contribution in [2.45, 2.75) is 6.42 Å². The summed E-state index contributed by atoms with van der Waals surface area (Å²) < 4.78 is 0. The summed E-state index contributed by atoms with van der Waals surface area (Å²) in [7, 11) is 2.12. The fourth-order valence-electron chi connectivity index (χ4n) is 1.89. The zero-order chi connectivity index (χ0) is 10.8. The Morgan fingerprint density at radius 1 is 1.27 bits per heavy atom. The van der Waals surface area contributed by atoms with Crippen LogP contribution in [0.5, 0.6) is 0 Å². The van der Waals surface area contributed by atoms with Crippen LogP contribution in [0.25, 0.3) is 5.57 Å². The summed E-state index contributed by atoms with van der Waals surface area (Å²) in [6, 6.07) is 5.75. The van der Waals surface area contributed by atoms with Gasteiger partial charge >= 0.3 is 0 Å². The summed E-state index contributed by atoms with van der Waals surface area (Å²) in [6.45, 7) is 2.09. The molecule has 0 aromatic heterocycles. The lowest BCUT2D eigenvalue weighted by Gasteiger charge is -2.22. The number of likely N-dealkylation sites (N-methyl/N-ethyl adjacent to an activating group) is 1. The summed E-state index contributed by atoms with van der Waals surface area (Å²) in [6.07, 6.45) is 3.30. The highest BCUT2D eigenvalue weighted by Gasteiger charge is 2.11. The zero-order valence-electron chi connectivity index (χ0n) is 9.03. The van der Waals surface area contributed by atoms with Gasteiger partial charge in [-0.2, -0.15) is 0 Å². The normalized spacial score (nSPS) is 17.5. The molecule has 1 heterocycles. The van der Waals surface area contributed by atoms with E-state index in [1.165, 1.54) is 5.57 Å². The van der Waals surface area contributed by atoms with E-state index in [0.717, 1.165) is 36.4 Å². The third kappa shape index (κ3) is 2.13. The second-order valence-corrected chi connectivity index (χ2v) is 4.09. The Labute approximate surface area is 90.4 Å². The molecule has 80 valence electrons. The lowest BCUT2D eigenvalue weighted by atomic mass is 9.98. The van der Waals surface area contributed by atoms with Crippen molar-refractivity contribution in [1.29, 1.82) is 0 Å². The highest BCUT2D eigenvalue weighted by Crippen LogP contribution is 2.27. The lowest BCUT2D eigenvalue weighted by Crippen LogP contribution is -2.23. The summed E-state index contributed by atoms with van der Waals surface area (Å²) in [5.74, 6) is 0. The molecule has 0 radical (unpaired) electrons. The van der Waals surface area contributed by atoms with Gasteiger partial charge in [0.1, 0.15) is 0 Å². The molecule has 3 heteroatoms. The zero-order valence-corrected chi connectivity index (χ0v) is 9.03. The predicted molar refractivity (Wildman–Crippen MR) is 65.4 cm³/mol. The van der Waals surface area contributed by atoms with Crippen molar-refractivity contribution in [3.05, 3.63) is 29.8 Å². The first-order valence-electron chi connectivity index (χ1n) is 5.20. The molecule has 3 nitrogen and oxygen atoms in total. The SMILES string of the molecule is CN1CC=C(c2ccc(N)cc2N)CC1. The Balaban J connectivity index is 2.30. The second kappa shape index (κ2) is 3.95. The summed E-state index contributed by atoms with van der Waals surface area (Å²) in [4.78, 5) is 2.29. The van der Waals surface area contributed by atoms with E-state index in [9.17, 15) is 0 Å². The molecule has 0 unspecified atom stereocenters. The van der Waals surface area contributed by atoms with Gasteiger partial charge in [-0.3, -0.25) is 0 Å². The average molecular weight is 203 g/mol. The molecule has 0 spiro atoms. The Morgan fingerprint density at radius 3 is 2.67 bits per heavy atom. The molecule has 4 N–H and O–H groups in total. The molecule has 15 heavy (non-hydrogen) atoms. The number of rotatable bonds is 1. The molecule has 0 fully saturated rings. The minimum absolute atomic E-state index is 0.727. The van der Waals surface area contributed by atoms with Gasteiger partial charge in [0.25, 0.3) is 0 Å². The van der Waals surface area contributed by atoms with Gasteiger partial charge < -0.3 is 16.4 Å². The van der Waals surface area contributed by atoms with E-state index < -0.39 is 0 Å². The smallest absolute Gasteiger partial charge is 0.0410 e. The first-order valence-corrected chi connectivity index (χ1v) is 5.20. The molecule has 0 aliphatic carbocycles. The molecule has 0 saturated carbocycles. The van der Waals surface area contributed by atoms with Crippen LogP contribution in [0.2, 0.25) is 0 Å². The minimum Gasteiger partial charge on any atom is -0.399 e. The van der Waals surface area contributed by atoms with Crippen LogP contribution in [-0.2, 0) is 0 Å². The van der Waals surface area contributed by atoms with Gasteiger partial charge in [-0.15, -0.1) is 0 Å². The van der Waals surface area contributed by atoms with Crippen molar-refractivity contribution in [2.24, 2.45) is 0 Å². The lowest BCUT2D eigenvalue weighted by molar-refractivity contribution is 0.370. The number of anilines is 2. The third-order valence-electron chi connectivity index (χ3n) is 2.83. The van der Waals surface area contributed by atoms with Crippen LogP contribution < -0.4 is 11.5 Å². The first kappa shape index (κ1) is 10.1. The maximum absolute atomic E-state index is 5.95. The molecule has 1 aromatic rings. The van der Waals surface area contributed by atoms with Crippen LogP contribution in [0.15, 0.2) is 24.3 Å². The van der Waals surface area contributed by atoms with Gasteiger partial charge in [-0.1, -0.05) is 12.1 Å². The maximum atomic E-state index is 5.95. The van der Waals surface area contributed by atoms with E-state index in [4.69, 9.17) is 11.5 Å². The monoisotopic (exact) mass is 203 g/mol. The molecular weight excluding hydrogens is 186 g/mol. The molecule has 1 aliphatic rings. The van der Waals surface area contributed by atoms with Crippen LogP contribution >= 0.6 is 0 Å². The average Bonchev–Trinajstić information content (AvgIpc) is 2.20. The minimum atomic E-state index is 0.727. The Hall–Kier alpha value is -1.48. The van der Waals surface area contributed by atoms with Gasteiger partial charge in [-0.05, 0) is 31.2 Å². The van der Waals surface area contributed by atoms with Gasteiger partial charge in [-0.25, -0.2) is 0 Å². The summed E-state index contributed by atoms with van der Waals surface area (Å²) in [5.41, 5.74) is 15.6. The molecule has 0 saturated heterocycles. The Morgan fingerprint density at radius 2 is 2.07 bits per heavy atom. The van der Waals surface area contributed by atoms with Crippen molar-refractivity contribution in [1.82, 2.24) is 4.90 Å². The van der Waals surface area contributed by atoms with E-state index in [0.29, 0.717) is 0 Å². The number of benzene rings is 1. The van der Waals surface area contributed by atoms with Crippen molar-refractivity contribution < 1.29 is 0 Å². The first-order chi connectivity index (χ1) is 7.16. The number of hydrogen-bond donors (Lipinski definition) is 2. The van der Waals surface area contributed by atoms with Crippen molar-refractivity contribution in [3.8, 4) is 0 Å². The van der Waals surface area contributed by atoms with Crippen LogP contribution in [0.4, 0.5) is 11.4 Å². The van der Waals surface area contributed by atoms with Crippen LogP contribution in [0, 0.1) is 0 Å². The van der Waals surface area contributed by atoms with Gasteiger partial charge in [0, 0.05) is 30.0 Å². The maximum Gasteiger partial charge on any atom is 0.0410 e. The molecule has 0 amide bonds. The van der Waals surface area contributed by atoms with Crippen molar-refractivity contribution in [2.75, 3.05) is 31.6 Å². The largest absolute Gasteiger partial charge is 0.399 e. The van der Waals surface area contributed by atoms with E-state index in [1.54, 1.807) is 0 Å².